The van der Waals surface area contributed by atoms with E-state index in [0.29, 0.717) is 12.2 Å². The number of hydrogen-bond acceptors (Lipinski definition) is 4. The van der Waals surface area contributed by atoms with Gasteiger partial charge in [-0.05, 0) is 31.2 Å². The summed E-state index contributed by atoms with van der Waals surface area (Å²) in [5.74, 6) is 0. The predicted molar refractivity (Wildman–Crippen MR) is 85.4 cm³/mol. The molecule has 0 saturated heterocycles. The first-order chi connectivity index (χ1) is 9.49. The molecule has 2 rings (SSSR count). The number of anilines is 1. The number of nitrogen functional groups attached to an aromatic ring is 1. The van der Waals surface area contributed by atoms with E-state index in [4.69, 9.17) is 5.73 Å². The van der Waals surface area contributed by atoms with Gasteiger partial charge in [-0.2, -0.15) is 11.8 Å². The molecule has 1 aromatic rings. The van der Waals surface area contributed by atoms with Gasteiger partial charge in [-0.25, -0.2) is 13.1 Å². The molecule has 112 valence electrons. The molecule has 0 unspecified atom stereocenters. The normalized spacial score (nSPS) is 18.9. The molecule has 1 aliphatic rings. The lowest BCUT2D eigenvalue weighted by molar-refractivity contribution is 0.395. The molecule has 1 fully saturated rings. The van der Waals surface area contributed by atoms with Crippen LogP contribution in [0.1, 0.15) is 32.1 Å². The quantitative estimate of drug-likeness (QED) is 0.820. The number of para-hydroxylation sites is 1. The van der Waals surface area contributed by atoms with E-state index in [2.05, 4.69) is 11.0 Å². The molecule has 1 saturated carbocycles. The predicted octanol–water partition coefficient (Wildman–Crippen LogP) is 2.61. The summed E-state index contributed by atoms with van der Waals surface area (Å²) in [6.07, 6.45) is 7.81. The van der Waals surface area contributed by atoms with Gasteiger partial charge >= 0.3 is 0 Å². The highest BCUT2D eigenvalue weighted by atomic mass is 32.2. The highest BCUT2D eigenvalue weighted by molar-refractivity contribution is 8.00. The second-order valence-electron chi connectivity index (χ2n) is 5.31. The molecular weight excluding hydrogens is 292 g/mol. The van der Waals surface area contributed by atoms with Gasteiger partial charge < -0.3 is 5.73 Å². The van der Waals surface area contributed by atoms with Gasteiger partial charge in [-0.15, -0.1) is 0 Å². The largest absolute Gasteiger partial charge is 0.398 e. The number of rotatable bonds is 5. The number of sulfonamides is 1. The Morgan fingerprint density at radius 1 is 1.25 bits per heavy atom. The van der Waals surface area contributed by atoms with Crippen LogP contribution in [-0.2, 0) is 10.0 Å². The molecule has 3 N–H and O–H groups in total. The summed E-state index contributed by atoms with van der Waals surface area (Å²) < 4.78 is 27.5. The minimum absolute atomic E-state index is 0.0366. The van der Waals surface area contributed by atoms with Gasteiger partial charge in [0, 0.05) is 11.3 Å². The lowest BCUT2D eigenvalue weighted by Crippen LogP contribution is -2.41. The third kappa shape index (κ3) is 3.48. The third-order valence-electron chi connectivity index (χ3n) is 3.99. The van der Waals surface area contributed by atoms with Crippen molar-refractivity contribution in [3.8, 4) is 0 Å². The number of benzene rings is 1. The summed E-state index contributed by atoms with van der Waals surface area (Å²) >= 11 is 1.78. The van der Waals surface area contributed by atoms with Crippen LogP contribution in [0, 0.1) is 0 Å². The fraction of sp³-hybridized carbons (Fsp3) is 0.571. The molecule has 0 amide bonds. The van der Waals surface area contributed by atoms with Gasteiger partial charge in [-0.3, -0.25) is 0 Å². The lowest BCUT2D eigenvalue weighted by atomic mass is 9.88. The summed E-state index contributed by atoms with van der Waals surface area (Å²) in [6, 6.07) is 6.58. The molecule has 6 heteroatoms. The molecule has 0 heterocycles. The maximum atomic E-state index is 12.4. The standard InChI is InChI=1S/C14H22N2O2S2/c1-19-14(9-5-2-6-10-14)11-16-20(17,18)13-8-4-3-7-12(13)15/h3-4,7-8,16H,2,5-6,9-11,15H2,1H3. The van der Waals surface area contributed by atoms with E-state index in [0.717, 1.165) is 12.8 Å². The van der Waals surface area contributed by atoms with Crippen LogP contribution in [0.4, 0.5) is 5.69 Å². The Morgan fingerprint density at radius 3 is 2.50 bits per heavy atom. The molecule has 0 radical (unpaired) electrons. The monoisotopic (exact) mass is 314 g/mol. The van der Waals surface area contributed by atoms with E-state index in [1.54, 1.807) is 36.0 Å². The van der Waals surface area contributed by atoms with Crippen molar-refractivity contribution in [1.82, 2.24) is 4.72 Å². The first kappa shape index (κ1) is 15.7. The van der Waals surface area contributed by atoms with Crippen LogP contribution in [0.25, 0.3) is 0 Å². The minimum Gasteiger partial charge on any atom is -0.398 e. The highest BCUT2D eigenvalue weighted by Crippen LogP contribution is 2.38. The topological polar surface area (TPSA) is 72.2 Å². The SMILES string of the molecule is CSC1(CNS(=O)(=O)c2ccccc2N)CCCCC1. The summed E-state index contributed by atoms with van der Waals surface area (Å²) in [5.41, 5.74) is 6.05. The van der Waals surface area contributed by atoms with Crippen molar-refractivity contribution in [2.45, 2.75) is 41.7 Å². The van der Waals surface area contributed by atoms with Gasteiger partial charge in [0.05, 0.1) is 5.69 Å². The molecule has 0 atom stereocenters. The van der Waals surface area contributed by atoms with Crippen LogP contribution >= 0.6 is 11.8 Å². The number of nitrogens with one attached hydrogen (secondary N) is 1. The van der Waals surface area contributed by atoms with Crippen molar-refractivity contribution in [2.24, 2.45) is 0 Å². The highest BCUT2D eigenvalue weighted by Gasteiger charge is 2.32. The van der Waals surface area contributed by atoms with E-state index >= 15 is 0 Å². The summed E-state index contributed by atoms with van der Waals surface area (Å²) in [6.45, 7) is 0.477. The Labute approximate surface area is 125 Å². The average Bonchev–Trinajstić information content (AvgIpc) is 2.47. The first-order valence-corrected chi connectivity index (χ1v) is 9.59. The fourth-order valence-electron chi connectivity index (χ4n) is 2.68. The summed E-state index contributed by atoms with van der Waals surface area (Å²) in [7, 11) is -3.53. The molecule has 0 aliphatic heterocycles. The summed E-state index contributed by atoms with van der Waals surface area (Å²) in [5, 5.41) is 0. The van der Waals surface area contributed by atoms with E-state index in [1.165, 1.54) is 19.3 Å². The third-order valence-corrected chi connectivity index (χ3v) is 6.88. The van der Waals surface area contributed by atoms with E-state index < -0.39 is 10.0 Å². The molecule has 1 aromatic carbocycles. The second kappa shape index (κ2) is 6.37. The Morgan fingerprint density at radius 2 is 1.90 bits per heavy atom. The van der Waals surface area contributed by atoms with Gasteiger partial charge in [0.25, 0.3) is 0 Å². The van der Waals surface area contributed by atoms with Crippen molar-refractivity contribution >= 4 is 27.5 Å². The van der Waals surface area contributed by atoms with E-state index in [1.807, 2.05) is 0 Å². The van der Waals surface area contributed by atoms with Crippen LogP contribution < -0.4 is 10.5 Å². The Bertz CT molecular complexity index is 552. The maximum Gasteiger partial charge on any atom is 0.242 e. The van der Waals surface area contributed by atoms with Gasteiger partial charge in [0.1, 0.15) is 4.90 Å². The second-order valence-corrected chi connectivity index (χ2v) is 8.32. The minimum atomic E-state index is -3.53. The van der Waals surface area contributed by atoms with Crippen LogP contribution in [-0.4, -0.2) is 26.0 Å². The van der Waals surface area contributed by atoms with Crippen LogP contribution in [0.5, 0.6) is 0 Å². The average molecular weight is 314 g/mol. The molecule has 0 spiro atoms. The maximum absolute atomic E-state index is 12.4. The van der Waals surface area contributed by atoms with Gasteiger partial charge in [0.2, 0.25) is 10.0 Å². The fourth-order valence-corrected chi connectivity index (χ4v) is 4.94. The van der Waals surface area contributed by atoms with Crippen LogP contribution in [0.15, 0.2) is 29.2 Å². The number of nitrogens with two attached hydrogens (primary N) is 1. The Kier molecular flexibility index (Phi) is 4.99. The Hall–Kier alpha value is -0.720. The van der Waals surface area contributed by atoms with Crippen molar-refractivity contribution in [2.75, 3.05) is 18.5 Å². The van der Waals surface area contributed by atoms with Crippen molar-refractivity contribution in [3.63, 3.8) is 0 Å². The zero-order valence-corrected chi connectivity index (χ0v) is 13.4. The van der Waals surface area contributed by atoms with Crippen molar-refractivity contribution in [1.29, 1.82) is 0 Å². The van der Waals surface area contributed by atoms with Gasteiger partial charge in [-0.1, -0.05) is 31.4 Å². The summed E-state index contributed by atoms with van der Waals surface area (Å²) in [4.78, 5) is 0.173. The first-order valence-electron chi connectivity index (χ1n) is 6.88. The van der Waals surface area contributed by atoms with Crippen LogP contribution in [0.3, 0.4) is 0 Å². The van der Waals surface area contributed by atoms with Crippen molar-refractivity contribution in [3.05, 3.63) is 24.3 Å². The number of hydrogen-bond donors (Lipinski definition) is 2. The van der Waals surface area contributed by atoms with E-state index in [9.17, 15) is 8.42 Å². The zero-order valence-electron chi connectivity index (χ0n) is 11.8. The van der Waals surface area contributed by atoms with Crippen molar-refractivity contribution < 1.29 is 8.42 Å². The number of thioether (sulfide) groups is 1. The molecule has 20 heavy (non-hydrogen) atoms. The van der Waals surface area contributed by atoms with Gasteiger partial charge in [0.15, 0.2) is 0 Å². The molecule has 0 aromatic heterocycles. The molecular formula is C14H22N2O2S2. The smallest absolute Gasteiger partial charge is 0.242 e. The van der Waals surface area contributed by atoms with Crippen LogP contribution in [0.2, 0.25) is 0 Å². The lowest BCUT2D eigenvalue weighted by Gasteiger charge is -2.35. The zero-order chi connectivity index (χ0) is 14.6. The molecule has 0 bridgehead atoms. The Balaban J connectivity index is 2.11. The molecule has 1 aliphatic carbocycles. The van der Waals surface area contributed by atoms with E-state index in [-0.39, 0.29) is 9.64 Å². The molecule has 4 nitrogen and oxygen atoms in total.